The molecule has 1 aliphatic carbocycles. The molecule has 2 aromatic carbocycles. The van der Waals surface area contributed by atoms with Crippen molar-refractivity contribution in [1.29, 1.82) is 0 Å². The molecule has 48 heavy (non-hydrogen) atoms. The van der Waals surface area contributed by atoms with Crippen LogP contribution in [0.1, 0.15) is 94.4 Å². The van der Waals surface area contributed by atoms with Crippen molar-refractivity contribution in [2.75, 3.05) is 6.61 Å². The molecule has 3 heterocycles. The molecule has 0 atom stereocenters. The van der Waals surface area contributed by atoms with Crippen LogP contribution in [0.15, 0.2) is 62.6 Å². The van der Waals surface area contributed by atoms with Gasteiger partial charge in [0.15, 0.2) is 5.82 Å². The molecule has 2 N–H and O–H groups in total. The molecule has 0 saturated heterocycles. The Hall–Kier alpha value is -2.71. The van der Waals surface area contributed by atoms with Crippen LogP contribution in [0.5, 0.6) is 0 Å². The summed E-state index contributed by atoms with van der Waals surface area (Å²) >= 11 is 0. The van der Waals surface area contributed by atoms with E-state index in [0.717, 1.165) is 65.6 Å². The number of aliphatic hydroxyl groups is 1. The van der Waals surface area contributed by atoms with Gasteiger partial charge in [0.05, 0.1) is 24.0 Å². The van der Waals surface area contributed by atoms with E-state index in [4.69, 9.17) is 19.3 Å². The fourth-order valence-corrected chi connectivity index (χ4v) is 6.72. The summed E-state index contributed by atoms with van der Waals surface area (Å²) in [7, 11) is 0. The Bertz CT molecular complexity index is 1950. The van der Waals surface area contributed by atoms with Crippen molar-refractivity contribution in [2.45, 2.75) is 103 Å². The van der Waals surface area contributed by atoms with Crippen LogP contribution >= 0.6 is 0 Å². The van der Waals surface area contributed by atoms with Gasteiger partial charge in [-0.05, 0) is 68.6 Å². The normalized spacial score (nSPS) is 16.7. The minimum absolute atomic E-state index is 0. The number of nitrogens with one attached hydrogen (secondary N) is 1. The molecule has 3 aromatic heterocycles. The summed E-state index contributed by atoms with van der Waals surface area (Å²) in [6, 6.07) is 15.8. The van der Waals surface area contributed by atoms with Gasteiger partial charge in [0.2, 0.25) is 5.78 Å². The molecule has 0 radical (unpaired) electrons. The fraction of sp³-hybridized carbons (Fsp3) is 0.472. The molecule has 1 aliphatic rings. The first kappa shape index (κ1) is 36.6. The number of fused-ring (bicyclic) bond motifs is 1. The zero-order valence-corrected chi connectivity index (χ0v) is 27.7. The summed E-state index contributed by atoms with van der Waals surface area (Å²) in [6.07, 6.45) is 6.65. The number of aromatic nitrogens is 6. The van der Waals surface area contributed by atoms with E-state index in [1.807, 2.05) is 78.4 Å². The number of hydrogen-bond donors (Lipinski definition) is 2. The number of ether oxygens (including phenoxy) is 1. The van der Waals surface area contributed by atoms with E-state index in [-0.39, 0.29) is 69.1 Å². The molecule has 250 valence electrons. The van der Waals surface area contributed by atoms with Gasteiger partial charge >= 0.3 is 57.1 Å². The van der Waals surface area contributed by atoms with Gasteiger partial charge in [-0.15, -0.1) is 0 Å². The minimum atomic E-state index is -0.790. The second kappa shape index (κ2) is 15.9. The van der Waals surface area contributed by atoms with Crippen LogP contribution in [0.2, 0.25) is 0 Å². The van der Waals surface area contributed by atoms with E-state index in [2.05, 4.69) is 17.1 Å². The molecule has 12 heteroatoms. The maximum absolute atomic E-state index is 14.5. The molecular formula is C36H45KN6O5. The van der Waals surface area contributed by atoms with Crippen LogP contribution in [0.25, 0.3) is 28.3 Å². The van der Waals surface area contributed by atoms with E-state index in [0.29, 0.717) is 49.7 Å². The van der Waals surface area contributed by atoms with Crippen molar-refractivity contribution in [2.24, 2.45) is 0 Å². The SMILES string of the molecule is CCCc1c(Cc2ccc(-c3ccccc3-c3noc(=O)[nH]3)cc2)c(=O)n([C@H]2CC[C@H](OCC(O)(CC)CC)CC2)c2nc(C)nn12.[KH]. The molecule has 0 amide bonds. The average Bonchev–Trinajstić information content (AvgIpc) is 3.71. The van der Waals surface area contributed by atoms with Gasteiger partial charge in [-0.25, -0.2) is 9.31 Å². The molecule has 0 aliphatic heterocycles. The Morgan fingerprint density at radius 3 is 2.31 bits per heavy atom. The zero-order valence-electron chi connectivity index (χ0n) is 27.7. The van der Waals surface area contributed by atoms with E-state index in [9.17, 15) is 14.7 Å². The van der Waals surface area contributed by atoms with Crippen LogP contribution in [-0.2, 0) is 17.6 Å². The Morgan fingerprint density at radius 2 is 1.69 bits per heavy atom. The third-order valence-corrected chi connectivity index (χ3v) is 9.66. The number of nitrogens with zero attached hydrogens (tertiary/aromatic N) is 5. The second-order valence-corrected chi connectivity index (χ2v) is 12.8. The standard InChI is InChI=1S/C36H44N6O5.K.H/c1-5-10-31-30(21-24-13-15-25(16-14-24)28-11-8-9-12-29(28)32-38-35(44)47-40-32)33(43)41(34-37-23(4)39-42(31)34)26-17-19-27(20-18-26)46-22-36(45,6-2)7-3;;/h8-9,11-16,26-27,45H,5-7,10,17-22H2,1-4H3,(H,38,40,44);;/t26-,27-;;. The van der Waals surface area contributed by atoms with Gasteiger partial charge in [0.1, 0.15) is 5.82 Å². The van der Waals surface area contributed by atoms with E-state index >= 15 is 0 Å². The molecule has 0 spiro atoms. The molecule has 5 aromatic rings. The summed E-state index contributed by atoms with van der Waals surface area (Å²) in [6.45, 7) is 8.29. The molecule has 0 unspecified atom stereocenters. The summed E-state index contributed by atoms with van der Waals surface area (Å²) in [5.74, 6) is 1.02. The summed E-state index contributed by atoms with van der Waals surface area (Å²) in [5, 5.41) is 19.3. The number of benzene rings is 2. The Kier molecular flexibility index (Phi) is 12.1. The molecule has 11 nitrogen and oxygen atoms in total. The predicted molar refractivity (Wildman–Crippen MR) is 187 cm³/mol. The number of rotatable bonds is 12. The van der Waals surface area contributed by atoms with Crippen LogP contribution in [0, 0.1) is 6.92 Å². The van der Waals surface area contributed by atoms with Crippen molar-refractivity contribution in [3.8, 4) is 22.5 Å². The van der Waals surface area contributed by atoms with Crippen LogP contribution in [0.3, 0.4) is 0 Å². The maximum atomic E-state index is 14.5. The number of aromatic amines is 1. The van der Waals surface area contributed by atoms with E-state index in [1.54, 1.807) is 0 Å². The third kappa shape index (κ3) is 7.70. The van der Waals surface area contributed by atoms with Gasteiger partial charge in [0, 0.05) is 23.6 Å². The number of hydrogen-bond acceptors (Lipinski definition) is 8. The van der Waals surface area contributed by atoms with Crippen molar-refractivity contribution in [1.82, 2.24) is 29.3 Å². The van der Waals surface area contributed by atoms with Crippen LogP contribution in [0.4, 0.5) is 0 Å². The average molecular weight is 681 g/mol. The van der Waals surface area contributed by atoms with Gasteiger partial charge in [-0.3, -0.25) is 18.9 Å². The van der Waals surface area contributed by atoms with Crippen molar-refractivity contribution in [3.63, 3.8) is 0 Å². The first-order chi connectivity index (χ1) is 22.7. The van der Waals surface area contributed by atoms with Gasteiger partial charge < -0.3 is 9.84 Å². The summed E-state index contributed by atoms with van der Waals surface area (Å²) in [4.78, 5) is 33.5. The second-order valence-electron chi connectivity index (χ2n) is 12.8. The molecule has 0 bridgehead atoms. The molecule has 1 fully saturated rings. The topological polar surface area (TPSA) is 141 Å². The number of H-pyrrole nitrogens is 1. The fourth-order valence-electron chi connectivity index (χ4n) is 6.72. The van der Waals surface area contributed by atoms with Crippen LogP contribution < -0.4 is 11.3 Å². The first-order valence-electron chi connectivity index (χ1n) is 16.8. The number of aryl methyl sites for hydroxylation is 2. The third-order valence-electron chi connectivity index (χ3n) is 9.66. The Balaban J connectivity index is 0.00000451. The summed E-state index contributed by atoms with van der Waals surface area (Å²) in [5.41, 5.74) is 4.49. The molecular weight excluding hydrogens is 636 g/mol. The van der Waals surface area contributed by atoms with E-state index < -0.39 is 11.4 Å². The summed E-state index contributed by atoms with van der Waals surface area (Å²) < 4.78 is 14.7. The first-order valence-corrected chi connectivity index (χ1v) is 16.8. The van der Waals surface area contributed by atoms with Gasteiger partial charge in [-0.1, -0.05) is 80.9 Å². The van der Waals surface area contributed by atoms with Crippen molar-refractivity contribution in [3.05, 3.63) is 92.1 Å². The van der Waals surface area contributed by atoms with Crippen LogP contribution in [-0.4, -0.2) is 104 Å². The Labute approximate surface area is 322 Å². The Morgan fingerprint density at radius 1 is 1.00 bits per heavy atom. The molecule has 6 rings (SSSR count). The molecule has 1 saturated carbocycles. The zero-order chi connectivity index (χ0) is 33.1. The van der Waals surface area contributed by atoms with E-state index in [1.165, 1.54) is 0 Å². The monoisotopic (exact) mass is 680 g/mol. The van der Waals surface area contributed by atoms with Crippen molar-refractivity contribution < 1.29 is 14.4 Å². The van der Waals surface area contributed by atoms with Gasteiger partial charge in [0.25, 0.3) is 5.56 Å². The van der Waals surface area contributed by atoms with Crippen molar-refractivity contribution >= 4 is 57.2 Å². The predicted octanol–water partition coefficient (Wildman–Crippen LogP) is 5.16. The van der Waals surface area contributed by atoms with Gasteiger partial charge in [-0.2, -0.15) is 10.1 Å². The quantitative estimate of drug-likeness (QED) is 0.172.